The molecule has 2 heterocycles. The molecule has 0 saturated heterocycles. The van der Waals surface area contributed by atoms with E-state index < -0.39 is 6.04 Å². The number of carbonyl (C=O) groups is 1. The number of nitrogens with zero attached hydrogens (tertiary/aromatic N) is 2. The molecule has 0 radical (unpaired) electrons. The first-order valence-corrected chi connectivity index (χ1v) is 7.67. The molecule has 3 aromatic rings. The minimum atomic E-state index is -0.499. The van der Waals surface area contributed by atoms with Crippen LogP contribution in [-0.4, -0.2) is 29.7 Å². The van der Waals surface area contributed by atoms with Gasteiger partial charge in [0.2, 0.25) is 0 Å². The fraction of sp³-hybridized carbons (Fsp3) is 0.222. The van der Waals surface area contributed by atoms with Gasteiger partial charge in [0, 0.05) is 25.5 Å². The SMILES string of the molecule is COc1cc(OC)cc([C@@H](NC(=O)c2ccco2)c2nccn2C)c1. The van der Waals surface area contributed by atoms with E-state index in [0.29, 0.717) is 17.3 Å². The predicted molar refractivity (Wildman–Crippen MR) is 90.8 cm³/mol. The third-order valence-corrected chi connectivity index (χ3v) is 3.84. The summed E-state index contributed by atoms with van der Waals surface area (Å²) >= 11 is 0. The van der Waals surface area contributed by atoms with Gasteiger partial charge in [-0.3, -0.25) is 4.79 Å². The van der Waals surface area contributed by atoms with Crippen molar-refractivity contribution in [2.75, 3.05) is 14.2 Å². The van der Waals surface area contributed by atoms with Crippen LogP contribution in [-0.2, 0) is 7.05 Å². The Labute approximate surface area is 145 Å². The zero-order valence-electron chi connectivity index (χ0n) is 14.2. The molecule has 1 amide bonds. The largest absolute Gasteiger partial charge is 0.497 e. The van der Waals surface area contributed by atoms with Gasteiger partial charge in [-0.05, 0) is 29.8 Å². The quantitative estimate of drug-likeness (QED) is 0.745. The molecule has 7 nitrogen and oxygen atoms in total. The van der Waals surface area contributed by atoms with Crippen LogP contribution < -0.4 is 14.8 Å². The molecule has 25 heavy (non-hydrogen) atoms. The molecular weight excluding hydrogens is 322 g/mol. The summed E-state index contributed by atoms with van der Waals surface area (Å²) in [4.78, 5) is 16.9. The summed E-state index contributed by atoms with van der Waals surface area (Å²) in [7, 11) is 5.03. The number of rotatable bonds is 6. The summed E-state index contributed by atoms with van der Waals surface area (Å²) < 4.78 is 17.7. The molecule has 0 saturated carbocycles. The highest BCUT2D eigenvalue weighted by atomic mass is 16.5. The van der Waals surface area contributed by atoms with Gasteiger partial charge in [0.25, 0.3) is 5.91 Å². The van der Waals surface area contributed by atoms with Crippen molar-refractivity contribution in [3.63, 3.8) is 0 Å². The number of aromatic nitrogens is 2. The van der Waals surface area contributed by atoms with E-state index >= 15 is 0 Å². The molecule has 1 N–H and O–H groups in total. The average Bonchev–Trinajstić information content (AvgIpc) is 3.31. The Morgan fingerprint density at radius 1 is 1.24 bits per heavy atom. The minimum Gasteiger partial charge on any atom is -0.497 e. The van der Waals surface area contributed by atoms with Crippen LogP contribution in [0.2, 0.25) is 0 Å². The van der Waals surface area contributed by atoms with E-state index in [1.165, 1.54) is 6.26 Å². The molecule has 3 rings (SSSR count). The summed E-state index contributed by atoms with van der Waals surface area (Å²) in [6, 6.07) is 8.22. The summed E-state index contributed by atoms with van der Waals surface area (Å²) in [6.07, 6.45) is 4.96. The maximum atomic E-state index is 12.5. The Kier molecular flexibility index (Phi) is 4.74. The number of amides is 1. The fourth-order valence-electron chi connectivity index (χ4n) is 2.56. The van der Waals surface area contributed by atoms with E-state index in [2.05, 4.69) is 10.3 Å². The lowest BCUT2D eigenvalue weighted by molar-refractivity contribution is 0.0913. The van der Waals surface area contributed by atoms with E-state index in [-0.39, 0.29) is 11.7 Å². The van der Waals surface area contributed by atoms with Crippen LogP contribution in [0.4, 0.5) is 0 Å². The number of hydrogen-bond acceptors (Lipinski definition) is 5. The zero-order chi connectivity index (χ0) is 17.8. The second-order valence-electron chi connectivity index (χ2n) is 5.43. The Hall–Kier alpha value is -3.22. The summed E-state index contributed by atoms with van der Waals surface area (Å²) in [6.45, 7) is 0. The summed E-state index contributed by atoms with van der Waals surface area (Å²) in [5, 5.41) is 2.95. The number of ether oxygens (including phenoxy) is 2. The third kappa shape index (κ3) is 3.50. The number of methoxy groups -OCH3 is 2. The van der Waals surface area contributed by atoms with Gasteiger partial charge in [0.05, 0.1) is 20.5 Å². The van der Waals surface area contributed by atoms with E-state index in [9.17, 15) is 4.79 Å². The molecule has 0 bridgehead atoms. The number of nitrogens with one attached hydrogen (secondary N) is 1. The molecule has 0 unspecified atom stereocenters. The van der Waals surface area contributed by atoms with Crippen molar-refractivity contribution in [3.8, 4) is 11.5 Å². The lowest BCUT2D eigenvalue weighted by Crippen LogP contribution is -2.30. The van der Waals surface area contributed by atoms with Crippen LogP contribution in [0.5, 0.6) is 11.5 Å². The maximum absolute atomic E-state index is 12.5. The summed E-state index contributed by atoms with van der Waals surface area (Å²) in [5.41, 5.74) is 0.783. The van der Waals surface area contributed by atoms with Crippen LogP contribution in [0.15, 0.2) is 53.4 Å². The number of benzene rings is 1. The highest BCUT2D eigenvalue weighted by Gasteiger charge is 2.23. The van der Waals surface area contributed by atoms with Crippen molar-refractivity contribution in [3.05, 3.63) is 66.1 Å². The van der Waals surface area contributed by atoms with Crippen LogP contribution in [0, 0.1) is 0 Å². The molecule has 0 fully saturated rings. The third-order valence-electron chi connectivity index (χ3n) is 3.84. The van der Waals surface area contributed by atoms with Crippen molar-refractivity contribution < 1.29 is 18.7 Å². The second kappa shape index (κ2) is 7.12. The molecule has 2 aromatic heterocycles. The fourth-order valence-corrected chi connectivity index (χ4v) is 2.56. The van der Waals surface area contributed by atoms with Gasteiger partial charge in [-0.15, -0.1) is 0 Å². The molecule has 0 spiro atoms. The second-order valence-corrected chi connectivity index (χ2v) is 5.43. The topological polar surface area (TPSA) is 78.5 Å². The number of hydrogen-bond donors (Lipinski definition) is 1. The zero-order valence-corrected chi connectivity index (χ0v) is 14.2. The molecular formula is C18H19N3O4. The predicted octanol–water partition coefficient (Wildman–Crippen LogP) is 2.55. The molecule has 130 valence electrons. The number of carbonyl (C=O) groups excluding carboxylic acids is 1. The van der Waals surface area contributed by atoms with E-state index in [1.807, 2.05) is 29.9 Å². The number of furan rings is 1. The Morgan fingerprint density at radius 2 is 1.96 bits per heavy atom. The van der Waals surface area contributed by atoms with E-state index in [4.69, 9.17) is 13.9 Å². The summed E-state index contributed by atoms with van der Waals surface area (Å²) in [5.74, 6) is 1.82. The number of imidazole rings is 1. The normalized spacial score (nSPS) is 11.8. The van der Waals surface area contributed by atoms with Crippen molar-refractivity contribution in [1.29, 1.82) is 0 Å². The first-order valence-electron chi connectivity index (χ1n) is 7.67. The Morgan fingerprint density at radius 3 is 2.48 bits per heavy atom. The van der Waals surface area contributed by atoms with Crippen LogP contribution in [0.1, 0.15) is 28.0 Å². The van der Waals surface area contributed by atoms with Gasteiger partial charge in [-0.1, -0.05) is 0 Å². The Bertz CT molecular complexity index is 833. The van der Waals surface area contributed by atoms with Crippen LogP contribution in [0.3, 0.4) is 0 Å². The molecule has 0 aliphatic carbocycles. The highest BCUT2D eigenvalue weighted by molar-refractivity contribution is 5.91. The monoisotopic (exact) mass is 341 g/mol. The highest BCUT2D eigenvalue weighted by Crippen LogP contribution is 2.29. The lowest BCUT2D eigenvalue weighted by atomic mass is 10.0. The standard InChI is InChI=1S/C18H19N3O4/c1-21-7-6-19-17(21)16(20-18(22)15-5-4-8-25-15)12-9-13(23-2)11-14(10-12)24-3/h4-11,16H,1-3H3,(H,20,22)/t16-/m1/s1. The molecule has 1 aromatic carbocycles. The van der Waals surface area contributed by atoms with Crippen molar-refractivity contribution in [1.82, 2.24) is 14.9 Å². The van der Waals surface area contributed by atoms with Crippen LogP contribution >= 0.6 is 0 Å². The minimum absolute atomic E-state index is 0.231. The molecule has 0 aliphatic rings. The van der Waals surface area contributed by atoms with Gasteiger partial charge in [0.1, 0.15) is 23.4 Å². The number of aryl methyl sites for hydroxylation is 1. The van der Waals surface area contributed by atoms with Crippen molar-refractivity contribution in [2.45, 2.75) is 6.04 Å². The molecule has 7 heteroatoms. The van der Waals surface area contributed by atoms with Crippen molar-refractivity contribution >= 4 is 5.91 Å². The van der Waals surface area contributed by atoms with Gasteiger partial charge in [-0.2, -0.15) is 0 Å². The van der Waals surface area contributed by atoms with E-state index in [1.54, 1.807) is 38.6 Å². The van der Waals surface area contributed by atoms with Gasteiger partial charge in [-0.25, -0.2) is 4.98 Å². The van der Waals surface area contributed by atoms with Gasteiger partial charge < -0.3 is 23.8 Å². The first-order chi connectivity index (χ1) is 12.1. The van der Waals surface area contributed by atoms with E-state index in [0.717, 1.165) is 5.56 Å². The van der Waals surface area contributed by atoms with Gasteiger partial charge in [0.15, 0.2) is 5.76 Å². The average molecular weight is 341 g/mol. The van der Waals surface area contributed by atoms with Crippen LogP contribution in [0.25, 0.3) is 0 Å². The maximum Gasteiger partial charge on any atom is 0.287 e. The first kappa shape index (κ1) is 16.6. The Balaban J connectivity index is 2.02. The van der Waals surface area contributed by atoms with Crippen molar-refractivity contribution in [2.24, 2.45) is 7.05 Å². The molecule has 1 atom stereocenters. The molecule has 0 aliphatic heterocycles. The smallest absolute Gasteiger partial charge is 0.287 e. The lowest BCUT2D eigenvalue weighted by Gasteiger charge is -2.20. The van der Waals surface area contributed by atoms with Gasteiger partial charge >= 0.3 is 0 Å².